The predicted molar refractivity (Wildman–Crippen MR) is 84.4 cm³/mol. The van der Waals surface area contributed by atoms with E-state index < -0.39 is 0 Å². The summed E-state index contributed by atoms with van der Waals surface area (Å²) in [6.45, 7) is 2.97. The molecule has 1 atom stereocenters. The molecule has 1 aromatic carbocycles. The van der Waals surface area contributed by atoms with E-state index in [9.17, 15) is 0 Å². The summed E-state index contributed by atoms with van der Waals surface area (Å²) in [5.41, 5.74) is 2.35. The number of thiazole rings is 1. The summed E-state index contributed by atoms with van der Waals surface area (Å²) in [7, 11) is 2.11. The molecule has 2 aromatic heterocycles. The number of aromatic nitrogens is 2. The molecule has 0 spiro atoms. The molecule has 0 fully saturated rings. The third-order valence-electron chi connectivity index (χ3n) is 3.65. The third-order valence-corrected chi connectivity index (χ3v) is 4.71. The molecule has 2 heterocycles. The van der Waals surface area contributed by atoms with Crippen molar-refractivity contribution in [3.8, 4) is 0 Å². The molecular formula is C15H16ClN3S. The van der Waals surface area contributed by atoms with Crippen LogP contribution < -0.4 is 0 Å². The first kappa shape index (κ1) is 13.6. The van der Waals surface area contributed by atoms with Crippen LogP contribution >= 0.6 is 22.9 Å². The van der Waals surface area contributed by atoms with Crippen LogP contribution in [0.1, 0.15) is 24.2 Å². The van der Waals surface area contributed by atoms with Crippen LogP contribution in [-0.4, -0.2) is 21.3 Å². The fraction of sp³-hybridized carbons (Fsp3) is 0.267. The van der Waals surface area contributed by atoms with Gasteiger partial charge in [0.15, 0.2) is 10.1 Å². The van der Waals surface area contributed by atoms with Crippen LogP contribution in [0.25, 0.3) is 4.96 Å². The van der Waals surface area contributed by atoms with Crippen LogP contribution in [0.4, 0.5) is 0 Å². The highest BCUT2D eigenvalue weighted by Gasteiger charge is 2.17. The molecule has 0 saturated heterocycles. The van der Waals surface area contributed by atoms with Crippen molar-refractivity contribution in [2.24, 2.45) is 0 Å². The predicted octanol–water partition coefficient (Wildman–Crippen LogP) is 4.24. The average Bonchev–Trinajstić information content (AvgIpc) is 3.02. The van der Waals surface area contributed by atoms with Gasteiger partial charge in [-0.25, -0.2) is 4.98 Å². The van der Waals surface area contributed by atoms with E-state index in [4.69, 9.17) is 11.6 Å². The highest BCUT2D eigenvalue weighted by molar-refractivity contribution is 7.15. The molecule has 3 rings (SSSR count). The lowest BCUT2D eigenvalue weighted by molar-refractivity contribution is 0.249. The average molecular weight is 306 g/mol. The Morgan fingerprint density at radius 2 is 2.10 bits per heavy atom. The van der Waals surface area contributed by atoms with Crippen LogP contribution in [0.3, 0.4) is 0 Å². The fourth-order valence-corrected chi connectivity index (χ4v) is 3.32. The van der Waals surface area contributed by atoms with Gasteiger partial charge < -0.3 is 0 Å². The number of nitrogens with zero attached hydrogens (tertiary/aromatic N) is 3. The van der Waals surface area contributed by atoms with Gasteiger partial charge in [0.1, 0.15) is 0 Å². The van der Waals surface area contributed by atoms with Gasteiger partial charge in [0.25, 0.3) is 0 Å². The Labute approximate surface area is 127 Å². The molecule has 0 radical (unpaired) electrons. The van der Waals surface area contributed by atoms with E-state index >= 15 is 0 Å². The topological polar surface area (TPSA) is 20.5 Å². The maximum Gasteiger partial charge on any atom is 0.195 e. The molecular weight excluding hydrogens is 290 g/mol. The molecule has 0 aliphatic heterocycles. The maximum absolute atomic E-state index is 6.25. The van der Waals surface area contributed by atoms with Gasteiger partial charge in [0.2, 0.25) is 0 Å². The first-order valence-electron chi connectivity index (χ1n) is 6.52. The summed E-state index contributed by atoms with van der Waals surface area (Å²) >= 11 is 7.85. The van der Waals surface area contributed by atoms with Crippen molar-refractivity contribution in [2.45, 2.75) is 19.5 Å². The Balaban J connectivity index is 1.83. The van der Waals surface area contributed by atoms with Crippen molar-refractivity contribution >= 4 is 27.9 Å². The SMILES string of the molecule is C[C@@H](c1ccccc1)N(C)Cc1c(Cl)nc2sccn12. The van der Waals surface area contributed by atoms with Crippen LogP contribution in [0, 0.1) is 0 Å². The highest BCUT2D eigenvalue weighted by Crippen LogP contribution is 2.25. The zero-order valence-electron chi connectivity index (χ0n) is 11.5. The van der Waals surface area contributed by atoms with Crippen molar-refractivity contribution in [3.63, 3.8) is 0 Å². The first-order valence-corrected chi connectivity index (χ1v) is 7.77. The van der Waals surface area contributed by atoms with Gasteiger partial charge in [0, 0.05) is 24.2 Å². The van der Waals surface area contributed by atoms with E-state index in [0.29, 0.717) is 11.2 Å². The monoisotopic (exact) mass is 305 g/mol. The van der Waals surface area contributed by atoms with E-state index in [0.717, 1.165) is 17.2 Å². The Kier molecular flexibility index (Phi) is 3.78. The summed E-state index contributed by atoms with van der Waals surface area (Å²) in [5.74, 6) is 0. The normalized spacial score (nSPS) is 13.2. The van der Waals surface area contributed by atoms with Gasteiger partial charge in [0.05, 0.1) is 5.69 Å². The lowest BCUT2D eigenvalue weighted by atomic mass is 10.1. The number of benzene rings is 1. The first-order chi connectivity index (χ1) is 9.66. The van der Waals surface area contributed by atoms with Crippen LogP contribution in [0.15, 0.2) is 41.9 Å². The number of halogens is 1. The number of rotatable bonds is 4. The summed E-state index contributed by atoms with van der Waals surface area (Å²) in [6, 6.07) is 10.8. The molecule has 0 unspecified atom stereocenters. The quantitative estimate of drug-likeness (QED) is 0.718. The second kappa shape index (κ2) is 5.56. The van der Waals surface area contributed by atoms with E-state index in [1.165, 1.54) is 5.56 Å². The highest BCUT2D eigenvalue weighted by atomic mass is 35.5. The summed E-state index contributed by atoms with van der Waals surface area (Å²) in [5, 5.41) is 2.63. The molecule has 0 amide bonds. The van der Waals surface area contributed by atoms with Crippen LogP contribution in [0.5, 0.6) is 0 Å². The molecule has 104 valence electrons. The second-order valence-electron chi connectivity index (χ2n) is 4.91. The smallest absolute Gasteiger partial charge is 0.195 e. The number of hydrogen-bond acceptors (Lipinski definition) is 3. The van der Waals surface area contributed by atoms with E-state index in [-0.39, 0.29) is 0 Å². The number of fused-ring (bicyclic) bond motifs is 1. The van der Waals surface area contributed by atoms with E-state index in [1.807, 2.05) is 17.6 Å². The van der Waals surface area contributed by atoms with Gasteiger partial charge in [-0.15, -0.1) is 11.3 Å². The minimum absolute atomic E-state index is 0.330. The Morgan fingerprint density at radius 3 is 2.85 bits per heavy atom. The minimum Gasteiger partial charge on any atom is -0.294 e. The molecule has 5 heteroatoms. The van der Waals surface area contributed by atoms with Gasteiger partial charge in [-0.3, -0.25) is 9.30 Å². The van der Waals surface area contributed by atoms with Crippen LogP contribution in [-0.2, 0) is 6.54 Å². The van der Waals surface area contributed by atoms with Gasteiger partial charge >= 0.3 is 0 Å². The summed E-state index contributed by atoms with van der Waals surface area (Å²) in [6.07, 6.45) is 2.02. The van der Waals surface area contributed by atoms with Crippen molar-refractivity contribution in [2.75, 3.05) is 7.05 Å². The minimum atomic E-state index is 0.330. The molecule has 0 saturated carbocycles. The Bertz CT molecular complexity index is 704. The Hall–Kier alpha value is -1.36. The second-order valence-corrected chi connectivity index (χ2v) is 6.14. The zero-order chi connectivity index (χ0) is 14.1. The van der Waals surface area contributed by atoms with Crippen molar-refractivity contribution < 1.29 is 0 Å². The molecule has 3 nitrogen and oxygen atoms in total. The lowest BCUT2D eigenvalue weighted by Crippen LogP contribution is -2.22. The largest absolute Gasteiger partial charge is 0.294 e. The molecule has 0 N–H and O–H groups in total. The third kappa shape index (κ3) is 2.46. The summed E-state index contributed by atoms with van der Waals surface area (Å²) < 4.78 is 2.07. The molecule has 0 bridgehead atoms. The molecule has 20 heavy (non-hydrogen) atoms. The van der Waals surface area contributed by atoms with Crippen LogP contribution in [0.2, 0.25) is 5.15 Å². The maximum atomic E-state index is 6.25. The molecule has 0 aliphatic carbocycles. The lowest BCUT2D eigenvalue weighted by Gasteiger charge is -2.24. The number of hydrogen-bond donors (Lipinski definition) is 0. The van der Waals surface area contributed by atoms with Crippen molar-refractivity contribution in [1.29, 1.82) is 0 Å². The van der Waals surface area contributed by atoms with Gasteiger partial charge in [-0.2, -0.15) is 0 Å². The molecule has 0 aliphatic rings. The van der Waals surface area contributed by atoms with E-state index in [1.54, 1.807) is 11.3 Å². The Morgan fingerprint density at radius 1 is 1.35 bits per heavy atom. The van der Waals surface area contributed by atoms with Crippen molar-refractivity contribution in [3.05, 3.63) is 58.3 Å². The standard InChI is InChI=1S/C15H16ClN3S/c1-11(12-6-4-3-5-7-12)18(2)10-13-14(16)17-15-19(13)8-9-20-15/h3-9,11H,10H2,1-2H3/t11-/m0/s1. The number of imidazole rings is 1. The van der Waals surface area contributed by atoms with E-state index in [2.05, 4.69) is 52.5 Å². The summed E-state index contributed by atoms with van der Waals surface area (Å²) in [4.78, 5) is 7.61. The zero-order valence-corrected chi connectivity index (χ0v) is 13.0. The molecule has 3 aromatic rings. The fourth-order valence-electron chi connectivity index (χ4n) is 2.31. The van der Waals surface area contributed by atoms with Crippen molar-refractivity contribution in [1.82, 2.24) is 14.3 Å². The van der Waals surface area contributed by atoms with Gasteiger partial charge in [-0.1, -0.05) is 41.9 Å². The van der Waals surface area contributed by atoms with Gasteiger partial charge in [-0.05, 0) is 19.5 Å².